The van der Waals surface area contributed by atoms with Crippen molar-refractivity contribution in [3.8, 4) is 0 Å². The van der Waals surface area contributed by atoms with Gasteiger partial charge in [0.2, 0.25) is 0 Å². The molecule has 0 fully saturated rings. The van der Waals surface area contributed by atoms with Crippen LogP contribution in [0, 0.1) is 0 Å². The Kier molecular flexibility index (Phi) is 3.32. The fraction of sp³-hybridized carbons (Fsp3) is 0.182. The summed E-state index contributed by atoms with van der Waals surface area (Å²) in [5.74, 6) is 0. The molecule has 4 heteroatoms. The number of nitrogens with zero attached hydrogens (tertiary/aromatic N) is 1. The van der Waals surface area contributed by atoms with Gasteiger partial charge in [0.05, 0.1) is 0 Å². The maximum atomic E-state index is 5.53. The van der Waals surface area contributed by atoms with E-state index in [4.69, 9.17) is 5.73 Å². The Balaban J connectivity index is 1.93. The van der Waals surface area contributed by atoms with Gasteiger partial charge in [0.15, 0.2) is 5.13 Å². The molecule has 0 unspecified atom stereocenters. The Morgan fingerprint density at radius 3 is 2.53 bits per heavy atom. The average Bonchev–Trinajstić information content (AvgIpc) is 2.80. The van der Waals surface area contributed by atoms with Crippen molar-refractivity contribution in [2.75, 3.05) is 5.32 Å². The quantitative estimate of drug-likeness (QED) is 0.829. The van der Waals surface area contributed by atoms with Crippen LogP contribution < -0.4 is 11.1 Å². The van der Waals surface area contributed by atoms with Crippen LogP contribution in [0.1, 0.15) is 11.1 Å². The van der Waals surface area contributed by atoms with E-state index in [2.05, 4.69) is 34.6 Å². The monoisotopic (exact) mass is 219 g/mol. The maximum Gasteiger partial charge on any atom is 0.182 e. The number of rotatable bonds is 4. The molecule has 3 N–H and O–H groups in total. The summed E-state index contributed by atoms with van der Waals surface area (Å²) < 4.78 is 0. The van der Waals surface area contributed by atoms with Crippen LogP contribution in [-0.2, 0) is 13.1 Å². The van der Waals surface area contributed by atoms with Crippen molar-refractivity contribution in [3.05, 3.63) is 47.0 Å². The lowest BCUT2D eigenvalue weighted by molar-refractivity contribution is 1.06. The lowest BCUT2D eigenvalue weighted by atomic mass is 10.1. The Morgan fingerprint density at radius 2 is 1.93 bits per heavy atom. The summed E-state index contributed by atoms with van der Waals surface area (Å²) in [6.45, 7) is 1.40. The van der Waals surface area contributed by atoms with Gasteiger partial charge in [-0.05, 0) is 11.1 Å². The van der Waals surface area contributed by atoms with Crippen LogP contribution in [0.15, 0.2) is 35.8 Å². The Bertz CT molecular complexity index is 394. The number of nitrogens with two attached hydrogens (primary N) is 1. The van der Waals surface area contributed by atoms with Gasteiger partial charge in [0.25, 0.3) is 0 Å². The standard InChI is InChI=1S/C11H13N3S/c12-7-9-1-3-10(4-2-9)8-14-11-13-5-6-15-11/h1-6H,7-8,12H2,(H,13,14). The molecule has 0 spiro atoms. The fourth-order valence-corrected chi connectivity index (χ4v) is 1.81. The van der Waals surface area contributed by atoms with E-state index in [0.29, 0.717) is 6.54 Å². The SMILES string of the molecule is NCc1ccc(CNc2nccs2)cc1. The van der Waals surface area contributed by atoms with E-state index in [9.17, 15) is 0 Å². The number of aromatic nitrogens is 1. The number of benzene rings is 1. The van der Waals surface area contributed by atoms with Crippen molar-refractivity contribution in [2.45, 2.75) is 13.1 Å². The first-order chi connectivity index (χ1) is 7.38. The predicted molar refractivity (Wildman–Crippen MR) is 63.8 cm³/mol. The van der Waals surface area contributed by atoms with Gasteiger partial charge in [-0.25, -0.2) is 4.98 Å². The zero-order valence-corrected chi connectivity index (χ0v) is 9.13. The molecule has 0 atom stereocenters. The minimum Gasteiger partial charge on any atom is -0.357 e. The predicted octanol–water partition coefficient (Wildman–Crippen LogP) is 2.21. The molecule has 0 radical (unpaired) electrons. The maximum absolute atomic E-state index is 5.53. The lowest BCUT2D eigenvalue weighted by Gasteiger charge is -2.03. The third kappa shape index (κ3) is 2.78. The van der Waals surface area contributed by atoms with Gasteiger partial charge in [-0.15, -0.1) is 11.3 Å². The molecule has 1 aromatic carbocycles. The molecular formula is C11H13N3S. The first-order valence-electron chi connectivity index (χ1n) is 4.80. The second-order valence-electron chi connectivity index (χ2n) is 3.21. The Labute approximate surface area is 93.0 Å². The van der Waals surface area contributed by atoms with Crippen molar-refractivity contribution in [1.29, 1.82) is 0 Å². The molecule has 0 aliphatic heterocycles. The lowest BCUT2D eigenvalue weighted by Crippen LogP contribution is -2.00. The molecule has 15 heavy (non-hydrogen) atoms. The highest BCUT2D eigenvalue weighted by Crippen LogP contribution is 2.12. The van der Waals surface area contributed by atoms with Gasteiger partial charge in [-0.3, -0.25) is 0 Å². The topological polar surface area (TPSA) is 50.9 Å². The van der Waals surface area contributed by atoms with Gasteiger partial charge in [0, 0.05) is 24.7 Å². The highest BCUT2D eigenvalue weighted by atomic mass is 32.1. The van der Waals surface area contributed by atoms with Crippen LogP contribution in [0.3, 0.4) is 0 Å². The summed E-state index contributed by atoms with van der Waals surface area (Å²) >= 11 is 1.61. The molecule has 0 saturated carbocycles. The van der Waals surface area contributed by atoms with Crippen LogP contribution in [0.4, 0.5) is 5.13 Å². The highest BCUT2D eigenvalue weighted by molar-refractivity contribution is 7.13. The molecule has 1 heterocycles. The van der Waals surface area contributed by atoms with Gasteiger partial charge in [-0.1, -0.05) is 24.3 Å². The van der Waals surface area contributed by atoms with Crippen molar-refractivity contribution in [1.82, 2.24) is 4.98 Å². The first kappa shape index (κ1) is 10.1. The van der Waals surface area contributed by atoms with Crippen molar-refractivity contribution < 1.29 is 0 Å². The Morgan fingerprint density at radius 1 is 1.20 bits per heavy atom. The summed E-state index contributed by atoms with van der Waals surface area (Å²) in [6.07, 6.45) is 1.80. The largest absolute Gasteiger partial charge is 0.357 e. The van der Waals surface area contributed by atoms with Crippen LogP contribution in [0.2, 0.25) is 0 Å². The summed E-state index contributed by atoms with van der Waals surface area (Å²) in [4.78, 5) is 4.15. The minimum absolute atomic E-state index is 0.597. The van der Waals surface area contributed by atoms with Gasteiger partial charge in [-0.2, -0.15) is 0 Å². The smallest absolute Gasteiger partial charge is 0.182 e. The van der Waals surface area contributed by atoms with E-state index in [1.54, 1.807) is 17.5 Å². The van der Waals surface area contributed by atoms with Crippen LogP contribution in [-0.4, -0.2) is 4.98 Å². The molecule has 78 valence electrons. The zero-order valence-electron chi connectivity index (χ0n) is 8.31. The van der Waals surface area contributed by atoms with E-state index < -0.39 is 0 Å². The molecule has 3 nitrogen and oxygen atoms in total. The van der Waals surface area contributed by atoms with Crippen molar-refractivity contribution in [3.63, 3.8) is 0 Å². The second-order valence-corrected chi connectivity index (χ2v) is 4.11. The summed E-state index contributed by atoms with van der Waals surface area (Å²) in [6, 6.07) is 8.28. The van der Waals surface area contributed by atoms with E-state index in [1.165, 1.54) is 5.56 Å². The molecule has 0 amide bonds. The van der Waals surface area contributed by atoms with Crippen LogP contribution in [0.5, 0.6) is 0 Å². The number of nitrogens with one attached hydrogen (secondary N) is 1. The third-order valence-electron chi connectivity index (χ3n) is 2.13. The molecule has 0 aliphatic rings. The summed E-state index contributed by atoms with van der Waals surface area (Å²) in [5.41, 5.74) is 7.93. The third-order valence-corrected chi connectivity index (χ3v) is 2.87. The molecule has 0 aliphatic carbocycles. The summed E-state index contributed by atoms with van der Waals surface area (Å²) in [7, 11) is 0. The highest BCUT2D eigenvalue weighted by Gasteiger charge is 1.95. The fourth-order valence-electron chi connectivity index (χ4n) is 1.28. The number of hydrogen-bond donors (Lipinski definition) is 2. The van der Waals surface area contributed by atoms with Crippen molar-refractivity contribution in [2.24, 2.45) is 5.73 Å². The number of anilines is 1. The van der Waals surface area contributed by atoms with Crippen molar-refractivity contribution >= 4 is 16.5 Å². The molecule has 2 rings (SSSR count). The molecule has 1 aromatic heterocycles. The molecule has 0 saturated heterocycles. The van der Waals surface area contributed by atoms with Crippen LogP contribution >= 0.6 is 11.3 Å². The van der Waals surface area contributed by atoms with E-state index in [-0.39, 0.29) is 0 Å². The number of hydrogen-bond acceptors (Lipinski definition) is 4. The van der Waals surface area contributed by atoms with E-state index in [0.717, 1.165) is 17.2 Å². The number of thiazole rings is 1. The first-order valence-corrected chi connectivity index (χ1v) is 5.67. The second kappa shape index (κ2) is 4.91. The average molecular weight is 219 g/mol. The minimum atomic E-state index is 0.597. The molecular weight excluding hydrogens is 206 g/mol. The Hall–Kier alpha value is -1.39. The van der Waals surface area contributed by atoms with Gasteiger partial charge < -0.3 is 11.1 Å². The van der Waals surface area contributed by atoms with Gasteiger partial charge in [0.1, 0.15) is 0 Å². The van der Waals surface area contributed by atoms with Gasteiger partial charge >= 0.3 is 0 Å². The molecule has 0 bridgehead atoms. The zero-order chi connectivity index (χ0) is 10.5. The normalized spacial score (nSPS) is 10.2. The molecule has 2 aromatic rings. The van der Waals surface area contributed by atoms with E-state index >= 15 is 0 Å². The van der Waals surface area contributed by atoms with Crippen LogP contribution in [0.25, 0.3) is 0 Å². The van der Waals surface area contributed by atoms with E-state index in [1.807, 2.05) is 5.38 Å². The summed E-state index contributed by atoms with van der Waals surface area (Å²) in [5, 5.41) is 6.17.